The fourth-order valence-electron chi connectivity index (χ4n) is 0.479. The molecule has 0 saturated heterocycles. The van der Waals surface area contributed by atoms with Gasteiger partial charge in [0.15, 0.2) is 0 Å². The zero-order valence-electron chi connectivity index (χ0n) is 6.69. The number of alkyl halides is 1. The summed E-state index contributed by atoms with van der Waals surface area (Å²) in [4.78, 5) is 0. The van der Waals surface area contributed by atoms with Crippen molar-refractivity contribution >= 4 is 11.6 Å². The quantitative estimate of drug-likeness (QED) is 0.446. The van der Waals surface area contributed by atoms with E-state index in [4.69, 9.17) is 16.3 Å². The first kappa shape index (κ1) is 9.99. The van der Waals surface area contributed by atoms with Gasteiger partial charge >= 0.3 is 0 Å². The van der Waals surface area contributed by atoms with E-state index in [9.17, 15) is 0 Å². The molecule has 0 aromatic heterocycles. The molecule has 0 N–H and O–H groups in total. The molecule has 0 aromatic carbocycles. The first-order chi connectivity index (χ1) is 4.66. The van der Waals surface area contributed by atoms with Crippen molar-refractivity contribution in [3.63, 3.8) is 0 Å². The largest absolute Gasteiger partial charge is 0.377 e. The second kappa shape index (κ2) is 5.75. The molecule has 0 amide bonds. The van der Waals surface area contributed by atoms with Gasteiger partial charge in [-0.2, -0.15) is 0 Å². The lowest BCUT2D eigenvalue weighted by Crippen LogP contribution is -2.08. The minimum absolute atomic E-state index is 0.445. The molecular weight excluding hydrogens is 148 g/mol. The van der Waals surface area contributed by atoms with Crippen molar-refractivity contribution < 1.29 is 4.74 Å². The summed E-state index contributed by atoms with van der Waals surface area (Å²) < 4.78 is 5.26. The predicted octanol–water partition coefficient (Wildman–Crippen LogP) is 2.45. The molecule has 0 aliphatic carbocycles. The van der Waals surface area contributed by atoms with Crippen LogP contribution in [0, 0.1) is 5.92 Å². The van der Waals surface area contributed by atoms with Gasteiger partial charge in [0, 0.05) is 5.88 Å². The Labute approximate surface area is 68.0 Å². The number of rotatable bonds is 5. The van der Waals surface area contributed by atoms with Crippen LogP contribution in [-0.2, 0) is 4.74 Å². The number of halogens is 1. The van der Waals surface area contributed by atoms with E-state index in [0.717, 1.165) is 12.2 Å². The van der Waals surface area contributed by atoms with E-state index in [1.54, 1.807) is 0 Å². The highest BCUT2D eigenvalue weighted by Gasteiger charge is 1.98. The van der Waals surface area contributed by atoms with Gasteiger partial charge in [-0.05, 0) is 12.8 Å². The average molecular weight is 163 g/mol. The molecule has 60 valence electrons. The summed E-state index contributed by atoms with van der Waals surface area (Å²) in [5.74, 6) is 1.11. The smallest absolute Gasteiger partial charge is 0.0671 e. The molecular formula is C8H15ClO. The standard InChI is InChI=1S/C8H15ClO/c1-7(2)5-10-6-8(3)4-9/h8H,1,4-6H2,2-3H3. The lowest BCUT2D eigenvalue weighted by molar-refractivity contribution is 0.130. The highest BCUT2D eigenvalue weighted by Crippen LogP contribution is 1.99. The Hall–Kier alpha value is -0.0100. The average Bonchev–Trinajstić information content (AvgIpc) is 1.87. The minimum atomic E-state index is 0.445. The lowest BCUT2D eigenvalue weighted by atomic mass is 10.2. The monoisotopic (exact) mass is 162 g/mol. The van der Waals surface area contributed by atoms with E-state index in [1.165, 1.54) is 0 Å². The third-order valence-electron chi connectivity index (χ3n) is 1.01. The molecule has 0 fully saturated rings. The molecule has 0 radical (unpaired) electrons. The van der Waals surface area contributed by atoms with Crippen LogP contribution in [0.5, 0.6) is 0 Å². The summed E-state index contributed by atoms with van der Waals surface area (Å²) in [5.41, 5.74) is 1.06. The van der Waals surface area contributed by atoms with E-state index in [-0.39, 0.29) is 0 Å². The maximum Gasteiger partial charge on any atom is 0.0671 e. The zero-order valence-corrected chi connectivity index (χ0v) is 7.45. The molecule has 1 unspecified atom stereocenters. The van der Waals surface area contributed by atoms with E-state index >= 15 is 0 Å². The molecule has 2 heteroatoms. The molecule has 0 bridgehead atoms. The van der Waals surface area contributed by atoms with Crippen molar-refractivity contribution in [2.75, 3.05) is 19.1 Å². The molecule has 0 aliphatic rings. The fourth-order valence-corrected chi connectivity index (χ4v) is 0.568. The maximum absolute atomic E-state index is 5.56. The molecule has 0 heterocycles. The fraction of sp³-hybridized carbons (Fsp3) is 0.750. The third-order valence-corrected chi connectivity index (χ3v) is 1.54. The summed E-state index contributed by atoms with van der Waals surface area (Å²) in [5, 5.41) is 0. The Bertz CT molecular complexity index is 101. The van der Waals surface area contributed by atoms with Crippen molar-refractivity contribution in [3.05, 3.63) is 12.2 Å². The number of hydrogen-bond acceptors (Lipinski definition) is 1. The van der Waals surface area contributed by atoms with Gasteiger partial charge < -0.3 is 4.74 Å². The highest BCUT2D eigenvalue weighted by molar-refractivity contribution is 6.18. The molecule has 1 nitrogen and oxygen atoms in total. The van der Waals surface area contributed by atoms with Crippen LogP contribution in [0.15, 0.2) is 12.2 Å². The summed E-state index contributed by atoms with van der Waals surface area (Å²) in [6.45, 7) is 9.12. The van der Waals surface area contributed by atoms with Crippen LogP contribution in [0.3, 0.4) is 0 Å². The summed E-state index contributed by atoms with van der Waals surface area (Å²) in [7, 11) is 0. The number of ether oxygens (including phenoxy) is 1. The van der Waals surface area contributed by atoms with Crippen LogP contribution in [0.25, 0.3) is 0 Å². The third kappa shape index (κ3) is 6.12. The van der Waals surface area contributed by atoms with Crippen LogP contribution in [0.2, 0.25) is 0 Å². The normalized spacial score (nSPS) is 13.1. The molecule has 0 spiro atoms. The SMILES string of the molecule is C=C(C)COCC(C)CCl. The van der Waals surface area contributed by atoms with E-state index in [1.807, 2.05) is 6.92 Å². The van der Waals surface area contributed by atoms with Gasteiger partial charge in [0.1, 0.15) is 0 Å². The number of hydrogen-bond donors (Lipinski definition) is 0. The Morgan fingerprint density at radius 2 is 2.30 bits per heavy atom. The summed E-state index contributed by atoms with van der Waals surface area (Å²) in [6, 6.07) is 0. The van der Waals surface area contributed by atoms with Crippen molar-refractivity contribution in [1.29, 1.82) is 0 Å². The second-order valence-corrected chi connectivity index (χ2v) is 3.04. The molecule has 1 atom stereocenters. The van der Waals surface area contributed by atoms with Crippen molar-refractivity contribution in [3.8, 4) is 0 Å². The van der Waals surface area contributed by atoms with Crippen LogP contribution in [0.1, 0.15) is 13.8 Å². The van der Waals surface area contributed by atoms with E-state index in [2.05, 4.69) is 13.5 Å². The van der Waals surface area contributed by atoms with Crippen LogP contribution in [0.4, 0.5) is 0 Å². The molecule has 10 heavy (non-hydrogen) atoms. The van der Waals surface area contributed by atoms with Gasteiger partial charge in [-0.25, -0.2) is 0 Å². The Morgan fingerprint density at radius 1 is 1.70 bits per heavy atom. The summed E-state index contributed by atoms with van der Waals surface area (Å²) >= 11 is 5.56. The predicted molar refractivity (Wildman–Crippen MR) is 45.5 cm³/mol. The zero-order chi connectivity index (χ0) is 7.98. The van der Waals surface area contributed by atoms with Gasteiger partial charge in [-0.1, -0.05) is 19.1 Å². The Morgan fingerprint density at radius 3 is 2.70 bits per heavy atom. The lowest BCUT2D eigenvalue weighted by Gasteiger charge is -2.07. The van der Waals surface area contributed by atoms with Gasteiger partial charge in [-0.3, -0.25) is 0 Å². The van der Waals surface area contributed by atoms with Gasteiger partial charge in [0.05, 0.1) is 13.2 Å². The highest BCUT2D eigenvalue weighted by atomic mass is 35.5. The van der Waals surface area contributed by atoms with Gasteiger partial charge in [0.25, 0.3) is 0 Å². The summed E-state index contributed by atoms with van der Waals surface area (Å²) in [6.07, 6.45) is 0. The van der Waals surface area contributed by atoms with Crippen molar-refractivity contribution in [2.45, 2.75) is 13.8 Å². The van der Waals surface area contributed by atoms with Gasteiger partial charge in [0.2, 0.25) is 0 Å². The molecule has 0 rings (SSSR count). The second-order valence-electron chi connectivity index (χ2n) is 2.73. The Kier molecular flexibility index (Phi) is 5.74. The van der Waals surface area contributed by atoms with Gasteiger partial charge in [-0.15, -0.1) is 11.6 Å². The van der Waals surface area contributed by atoms with Crippen molar-refractivity contribution in [2.24, 2.45) is 5.92 Å². The van der Waals surface area contributed by atoms with Crippen LogP contribution >= 0.6 is 11.6 Å². The minimum Gasteiger partial charge on any atom is -0.377 e. The first-order valence-electron chi connectivity index (χ1n) is 3.45. The molecule has 0 aromatic rings. The first-order valence-corrected chi connectivity index (χ1v) is 3.98. The maximum atomic E-state index is 5.56. The van der Waals surface area contributed by atoms with E-state index in [0.29, 0.717) is 18.4 Å². The van der Waals surface area contributed by atoms with E-state index < -0.39 is 0 Å². The van der Waals surface area contributed by atoms with Crippen LogP contribution in [-0.4, -0.2) is 19.1 Å². The molecule has 0 saturated carbocycles. The topological polar surface area (TPSA) is 9.23 Å². The molecule has 0 aliphatic heterocycles. The van der Waals surface area contributed by atoms with Crippen molar-refractivity contribution in [1.82, 2.24) is 0 Å². The Balaban J connectivity index is 3.11. The van der Waals surface area contributed by atoms with Crippen LogP contribution < -0.4 is 0 Å².